The minimum absolute atomic E-state index is 0.139. The predicted molar refractivity (Wildman–Crippen MR) is 95.1 cm³/mol. The molecule has 27 heavy (non-hydrogen) atoms. The fraction of sp³-hybridized carbons (Fsp3) is 0.167. The number of aromatic nitrogens is 3. The number of benzene rings is 1. The first-order valence-corrected chi connectivity index (χ1v) is 8.11. The molecule has 1 amide bonds. The molecule has 7 nitrogen and oxygen atoms in total. The molecule has 1 aromatic carbocycles. The molecule has 0 aliphatic rings. The van der Waals surface area contributed by atoms with E-state index in [0.29, 0.717) is 23.5 Å². The van der Waals surface area contributed by atoms with E-state index in [1.807, 2.05) is 6.92 Å². The van der Waals surface area contributed by atoms with Crippen molar-refractivity contribution in [2.45, 2.75) is 13.5 Å². The zero-order chi connectivity index (χ0) is 19.4. The Hall–Kier alpha value is -3.49. The molecule has 0 bridgehead atoms. The van der Waals surface area contributed by atoms with Gasteiger partial charge in [-0.3, -0.25) is 20.3 Å². The summed E-state index contributed by atoms with van der Waals surface area (Å²) in [5, 5.41) is 4.36. The Balaban J connectivity index is 1.76. The van der Waals surface area contributed by atoms with Gasteiger partial charge in [0, 0.05) is 18.2 Å². The van der Waals surface area contributed by atoms with Crippen LogP contribution in [0.3, 0.4) is 0 Å². The van der Waals surface area contributed by atoms with Crippen LogP contribution in [-0.2, 0) is 6.54 Å². The first kappa shape index (κ1) is 18.3. The van der Waals surface area contributed by atoms with E-state index in [1.165, 1.54) is 30.1 Å². The third-order valence-electron chi connectivity index (χ3n) is 3.77. The van der Waals surface area contributed by atoms with Crippen LogP contribution in [0.2, 0.25) is 0 Å². The van der Waals surface area contributed by atoms with Crippen molar-refractivity contribution >= 4 is 11.6 Å². The number of carbonyl (C=O) groups is 1. The summed E-state index contributed by atoms with van der Waals surface area (Å²) in [5.41, 5.74) is 6.84. The van der Waals surface area contributed by atoms with Gasteiger partial charge in [-0.25, -0.2) is 13.8 Å². The van der Waals surface area contributed by atoms with E-state index in [4.69, 9.17) is 4.74 Å². The fourth-order valence-corrected chi connectivity index (χ4v) is 2.44. The fourth-order valence-electron chi connectivity index (χ4n) is 2.44. The van der Waals surface area contributed by atoms with Crippen LogP contribution in [-0.4, -0.2) is 27.8 Å². The monoisotopic (exact) mass is 373 g/mol. The van der Waals surface area contributed by atoms with Gasteiger partial charge in [0.1, 0.15) is 11.5 Å². The summed E-state index contributed by atoms with van der Waals surface area (Å²) in [5.74, 6) is -1.61. The Labute approximate surface area is 154 Å². The molecule has 0 spiro atoms. The lowest BCUT2D eigenvalue weighted by molar-refractivity contribution is 0.0952. The summed E-state index contributed by atoms with van der Waals surface area (Å²) in [6, 6.07) is 8.57. The van der Waals surface area contributed by atoms with Gasteiger partial charge in [0.15, 0.2) is 5.82 Å². The SMILES string of the molecule is CCn1nc(-c2ccc(F)cc2)cc1C(=O)NNc1cnc(OC)c(F)c1. The minimum atomic E-state index is -0.658. The van der Waals surface area contributed by atoms with Gasteiger partial charge >= 0.3 is 0 Å². The number of methoxy groups -OCH3 is 1. The second kappa shape index (κ2) is 7.81. The van der Waals surface area contributed by atoms with Crippen molar-refractivity contribution in [3.63, 3.8) is 0 Å². The number of aryl methyl sites for hydroxylation is 1. The second-order valence-corrected chi connectivity index (χ2v) is 5.53. The van der Waals surface area contributed by atoms with Crippen LogP contribution < -0.4 is 15.6 Å². The van der Waals surface area contributed by atoms with E-state index in [1.54, 1.807) is 18.2 Å². The van der Waals surface area contributed by atoms with Gasteiger partial charge in [-0.2, -0.15) is 5.10 Å². The molecule has 140 valence electrons. The van der Waals surface area contributed by atoms with Crippen LogP contribution in [0.1, 0.15) is 17.4 Å². The maximum atomic E-state index is 13.7. The third-order valence-corrected chi connectivity index (χ3v) is 3.77. The van der Waals surface area contributed by atoms with Crippen LogP contribution in [0.4, 0.5) is 14.5 Å². The van der Waals surface area contributed by atoms with Crippen LogP contribution in [0.5, 0.6) is 5.88 Å². The molecule has 0 aliphatic carbocycles. The number of amides is 1. The van der Waals surface area contributed by atoms with Crippen LogP contribution >= 0.6 is 0 Å². The van der Waals surface area contributed by atoms with Gasteiger partial charge in [-0.15, -0.1) is 0 Å². The van der Waals surface area contributed by atoms with Crippen molar-refractivity contribution in [3.05, 3.63) is 59.9 Å². The summed E-state index contributed by atoms with van der Waals surface area (Å²) < 4.78 is 33.0. The number of anilines is 1. The normalized spacial score (nSPS) is 10.5. The minimum Gasteiger partial charge on any atom is -0.479 e. The topological polar surface area (TPSA) is 81.1 Å². The molecule has 0 fully saturated rings. The van der Waals surface area contributed by atoms with E-state index in [-0.39, 0.29) is 17.4 Å². The highest BCUT2D eigenvalue weighted by Gasteiger charge is 2.16. The maximum absolute atomic E-state index is 13.7. The number of hydrogen-bond acceptors (Lipinski definition) is 5. The van der Waals surface area contributed by atoms with Crippen molar-refractivity contribution in [1.29, 1.82) is 0 Å². The van der Waals surface area contributed by atoms with Crippen molar-refractivity contribution in [2.75, 3.05) is 12.5 Å². The summed E-state index contributed by atoms with van der Waals surface area (Å²) >= 11 is 0. The molecule has 0 atom stereocenters. The van der Waals surface area contributed by atoms with E-state index in [9.17, 15) is 13.6 Å². The Morgan fingerprint density at radius 3 is 2.59 bits per heavy atom. The van der Waals surface area contributed by atoms with Gasteiger partial charge < -0.3 is 4.74 Å². The summed E-state index contributed by atoms with van der Waals surface area (Å²) in [4.78, 5) is 16.2. The number of ether oxygens (including phenoxy) is 1. The number of pyridine rings is 1. The predicted octanol–water partition coefficient (Wildman–Crippen LogP) is 3.01. The summed E-state index contributed by atoms with van der Waals surface area (Å²) in [6.45, 7) is 2.30. The highest BCUT2D eigenvalue weighted by Crippen LogP contribution is 2.20. The molecule has 0 aliphatic heterocycles. The zero-order valence-corrected chi connectivity index (χ0v) is 14.7. The lowest BCUT2D eigenvalue weighted by atomic mass is 10.1. The largest absolute Gasteiger partial charge is 0.479 e. The molecule has 2 N–H and O–H groups in total. The zero-order valence-electron chi connectivity index (χ0n) is 14.7. The molecule has 2 aromatic heterocycles. The third kappa shape index (κ3) is 4.02. The van der Waals surface area contributed by atoms with Gasteiger partial charge in [0.05, 0.1) is 24.7 Å². The Kier molecular flexibility index (Phi) is 5.30. The molecule has 0 saturated carbocycles. The van der Waals surface area contributed by atoms with E-state index in [0.717, 1.165) is 6.07 Å². The Bertz CT molecular complexity index is 957. The molecule has 2 heterocycles. The number of halogens is 2. The average molecular weight is 373 g/mol. The first-order chi connectivity index (χ1) is 13.0. The van der Waals surface area contributed by atoms with Crippen molar-refractivity contribution in [1.82, 2.24) is 20.2 Å². The highest BCUT2D eigenvalue weighted by molar-refractivity contribution is 5.94. The van der Waals surface area contributed by atoms with Crippen LogP contribution in [0.15, 0.2) is 42.6 Å². The van der Waals surface area contributed by atoms with Crippen LogP contribution in [0.25, 0.3) is 11.3 Å². The molecule has 0 unspecified atom stereocenters. The smallest absolute Gasteiger partial charge is 0.287 e. The van der Waals surface area contributed by atoms with Gasteiger partial charge in [-0.05, 0) is 37.3 Å². The van der Waals surface area contributed by atoms with Gasteiger partial charge in [0.25, 0.3) is 5.91 Å². The molecule has 3 aromatic rings. The number of carbonyl (C=O) groups excluding carboxylic acids is 1. The average Bonchev–Trinajstić information content (AvgIpc) is 3.11. The molecular weight excluding hydrogens is 356 g/mol. The molecule has 3 rings (SSSR count). The highest BCUT2D eigenvalue weighted by atomic mass is 19.1. The summed E-state index contributed by atoms with van der Waals surface area (Å²) in [7, 11) is 1.31. The lowest BCUT2D eigenvalue weighted by Crippen LogP contribution is -2.31. The maximum Gasteiger partial charge on any atom is 0.287 e. The Morgan fingerprint density at radius 2 is 1.96 bits per heavy atom. The van der Waals surface area contributed by atoms with Crippen LogP contribution in [0, 0.1) is 11.6 Å². The Morgan fingerprint density at radius 1 is 1.22 bits per heavy atom. The van der Waals surface area contributed by atoms with Gasteiger partial charge in [-0.1, -0.05) is 0 Å². The lowest BCUT2D eigenvalue weighted by Gasteiger charge is -2.09. The number of rotatable bonds is 6. The number of nitrogens with one attached hydrogen (secondary N) is 2. The molecule has 9 heteroatoms. The molecule has 0 radical (unpaired) electrons. The van der Waals surface area contributed by atoms with Crippen molar-refractivity contribution in [2.24, 2.45) is 0 Å². The second-order valence-electron chi connectivity index (χ2n) is 5.53. The van der Waals surface area contributed by atoms with Crippen molar-refractivity contribution < 1.29 is 18.3 Å². The first-order valence-electron chi connectivity index (χ1n) is 8.11. The van der Waals surface area contributed by atoms with E-state index in [2.05, 4.69) is 20.9 Å². The number of hydrogen-bond donors (Lipinski definition) is 2. The molecule has 0 saturated heterocycles. The number of nitrogens with zero attached hydrogens (tertiary/aromatic N) is 3. The van der Waals surface area contributed by atoms with E-state index < -0.39 is 11.7 Å². The number of hydrazine groups is 1. The summed E-state index contributed by atoms with van der Waals surface area (Å²) in [6.07, 6.45) is 1.32. The quantitative estimate of drug-likeness (QED) is 0.649. The standard InChI is InChI=1S/C18H17F2N5O2/c1-3-25-16(9-15(24-25)11-4-6-12(19)7-5-11)17(26)23-22-13-8-14(20)18(27-2)21-10-13/h4-10,22H,3H2,1-2H3,(H,23,26). The van der Waals surface area contributed by atoms with Crippen molar-refractivity contribution in [3.8, 4) is 17.1 Å². The van der Waals surface area contributed by atoms with Gasteiger partial charge in [0.2, 0.25) is 5.88 Å². The molecular formula is C18H17F2N5O2. The van der Waals surface area contributed by atoms with E-state index >= 15 is 0 Å².